The zero-order valence-electron chi connectivity index (χ0n) is 10.4. The lowest BCUT2D eigenvalue weighted by molar-refractivity contribution is 0.411. The number of para-hydroxylation sites is 1. The van der Waals surface area contributed by atoms with E-state index in [1.165, 1.54) is 5.56 Å². The van der Waals surface area contributed by atoms with Gasteiger partial charge < -0.3 is 4.74 Å². The number of aromatic nitrogens is 2. The molecule has 1 aromatic carbocycles. The predicted molar refractivity (Wildman–Crippen MR) is 68.1 cm³/mol. The van der Waals surface area contributed by atoms with Gasteiger partial charge in [-0.05, 0) is 25.0 Å². The molecule has 3 heteroatoms. The fourth-order valence-electron chi connectivity index (χ4n) is 1.84. The van der Waals surface area contributed by atoms with Gasteiger partial charge in [-0.25, -0.2) is 0 Å². The van der Waals surface area contributed by atoms with Gasteiger partial charge in [-0.2, -0.15) is 0 Å². The molecule has 1 aromatic heterocycles. The van der Waals surface area contributed by atoms with Crippen LogP contribution in [0.25, 0.3) is 11.3 Å². The standard InChI is InChI=1S/C14H16N2O/c1-4-11-6-5-7-12(14(11)17-3)13-9-15-10(2)8-16-13/h5-9H,4H2,1-3H3. The Bertz CT molecular complexity index is 506. The van der Waals surface area contributed by atoms with Crippen molar-refractivity contribution in [1.82, 2.24) is 9.97 Å². The van der Waals surface area contributed by atoms with Crippen LogP contribution in [0.2, 0.25) is 0 Å². The fraction of sp³-hybridized carbons (Fsp3) is 0.286. The molecule has 0 aliphatic carbocycles. The van der Waals surface area contributed by atoms with Crippen LogP contribution in [0, 0.1) is 6.92 Å². The van der Waals surface area contributed by atoms with Gasteiger partial charge in [-0.3, -0.25) is 9.97 Å². The van der Waals surface area contributed by atoms with Gasteiger partial charge in [0.2, 0.25) is 0 Å². The van der Waals surface area contributed by atoms with Gasteiger partial charge in [0.25, 0.3) is 0 Å². The van der Waals surface area contributed by atoms with Crippen molar-refractivity contribution in [2.24, 2.45) is 0 Å². The second-order valence-electron chi connectivity index (χ2n) is 3.89. The number of rotatable bonds is 3. The van der Waals surface area contributed by atoms with Crippen molar-refractivity contribution in [3.05, 3.63) is 41.9 Å². The van der Waals surface area contributed by atoms with Gasteiger partial charge in [0.15, 0.2) is 0 Å². The van der Waals surface area contributed by atoms with Crippen LogP contribution in [0.3, 0.4) is 0 Å². The Balaban J connectivity index is 2.54. The number of hydrogen-bond acceptors (Lipinski definition) is 3. The summed E-state index contributed by atoms with van der Waals surface area (Å²) in [5.74, 6) is 0.896. The van der Waals surface area contributed by atoms with Crippen LogP contribution >= 0.6 is 0 Å². The van der Waals surface area contributed by atoms with Crippen LogP contribution in [0.15, 0.2) is 30.6 Å². The van der Waals surface area contributed by atoms with E-state index in [4.69, 9.17) is 4.74 Å². The molecule has 0 spiro atoms. The third-order valence-corrected chi connectivity index (χ3v) is 2.74. The lowest BCUT2D eigenvalue weighted by Crippen LogP contribution is -1.95. The Hall–Kier alpha value is -1.90. The Kier molecular flexibility index (Phi) is 3.38. The average Bonchev–Trinajstić information content (AvgIpc) is 2.38. The molecule has 3 nitrogen and oxygen atoms in total. The normalized spacial score (nSPS) is 10.3. The first-order valence-corrected chi connectivity index (χ1v) is 5.71. The summed E-state index contributed by atoms with van der Waals surface area (Å²) in [6, 6.07) is 6.11. The van der Waals surface area contributed by atoms with Crippen molar-refractivity contribution < 1.29 is 4.74 Å². The number of hydrogen-bond donors (Lipinski definition) is 0. The summed E-state index contributed by atoms with van der Waals surface area (Å²) in [7, 11) is 1.69. The van der Waals surface area contributed by atoms with Crippen LogP contribution < -0.4 is 4.74 Å². The van der Waals surface area contributed by atoms with E-state index >= 15 is 0 Å². The summed E-state index contributed by atoms with van der Waals surface area (Å²) >= 11 is 0. The molecule has 0 aliphatic rings. The first-order valence-electron chi connectivity index (χ1n) is 5.71. The molecular weight excluding hydrogens is 212 g/mol. The van der Waals surface area contributed by atoms with E-state index in [1.54, 1.807) is 19.5 Å². The molecule has 0 aliphatic heterocycles. The zero-order chi connectivity index (χ0) is 12.3. The van der Waals surface area contributed by atoms with Crippen LogP contribution in [0.4, 0.5) is 0 Å². The van der Waals surface area contributed by atoms with Gasteiger partial charge in [-0.15, -0.1) is 0 Å². The third-order valence-electron chi connectivity index (χ3n) is 2.74. The van der Waals surface area contributed by atoms with Crippen molar-refractivity contribution in [3.8, 4) is 17.0 Å². The predicted octanol–water partition coefficient (Wildman–Crippen LogP) is 3.02. The molecule has 0 bridgehead atoms. The van der Waals surface area contributed by atoms with Crippen molar-refractivity contribution in [3.63, 3.8) is 0 Å². The molecular formula is C14H16N2O. The first kappa shape index (κ1) is 11.6. The number of ether oxygens (including phenoxy) is 1. The summed E-state index contributed by atoms with van der Waals surface area (Å²) in [4.78, 5) is 8.66. The maximum Gasteiger partial charge on any atom is 0.131 e. The van der Waals surface area contributed by atoms with E-state index in [9.17, 15) is 0 Å². The Morgan fingerprint density at radius 1 is 1.18 bits per heavy atom. The van der Waals surface area contributed by atoms with Crippen LogP contribution in [-0.4, -0.2) is 17.1 Å². The maximum atomic E-state index is 5.48. The molecule has 0 amide bonds. The highest BCUT2D eigenvalue weighted by Gasteiger charge is 2.10. The highest BCUT2D eigenvalue weighted by molar-refractivity contribution is 5.68. The number of methoxy groups -OCH3 is 1. The molecule has 2 rings (SSSR count). The number of nitrogens with zero attached hydrogens (tertiary/aromatic N) is 2. The summed E-state index contributed by atoms with van der Waals surface area (Å²) < 4.78 is 5.48. The van der Waals surface area contributed by atoms with E-state index in [-0.39, 0.29) is 0 Å². The van der Waals surface area contributed by atoms with E-state index in [0.717, 1.165) is 29.1 Å². The highest BCUT2D eigenvalue weighted by atomic mass is 16.5. The fourth-order valence-corrected chi connectivity index (χ4v) is 1.84. The van der Waals surface area contributed by atoms with E-state index < -0.39 is 0 Å². The molecule has 0 radical (unpaired) electrons. The third kappa shape index (κ3) is 2.28. The minimum absolute atomic E-state index is 0.850. The largest absolute Gasteiger partial charge is 0.496 e. The van der Waals surface area contributed by atoms with Gasteiger partial charge >= 0.3 is 0 Å². The molecule has 0 unspecified atom stereocenters. The molecule has 0 N–H and O–H groups in total. The van der Waals surface area contributed by atoms with Crippen molar-refractivity contribution in [1.29, 1.82) is 0 Å². The average molecular weight is 228 g/mol. The lowest BCUT2D eigenvalue weighted by Gasteiger charge is -2.11. The second kappa shape index (κ2) is 4.95. The minimum atomic E-state index is 0.850. The molecule has 0 fully saturated rings. The van der Waals surface area contributed by atoms with Crippen LogP contribution in [0.5, 0.6) is 5.75 Å². The van der Waals surface area contributed by atoms with E-state index in [2.05, 4.69) is 23.0 Å². The summed E-state index contributed by atoms with van der Waals surface area (Å²) in [6.07, 6.45) is 4.50. The molecule has 1 heterocycles. The van der Waals surface area contributed by atoms with Crippen molar-refractivity contribution in [2.75, 3.05) is 7.11 Å². The molecule has 17 heavy (non-hydrogen) atoms. The molecule has 2 aromatic rings. The van der Waals surface area contributed by atoms with Gasteiger partial charge in [0.05, 0.1) is 24.7 Å². The van der Waals surface area contributed by atoms with Crippen LogP contribution in [-0.2, 0) is 6.42 Å². The summed E-state index contributed by atoms with van der Waals surface area (Å²) in [5.41, 5.74) is 3.95. The van der Waals surface area contributed by atoms with Crippen molar-refractivity contribution >= 4 is 0 Å². The quantitative estimate of drug-likeness (QED) is 0.810. The highest BCUT2D eigenvalue weighted by Crippen LogP contribution is 2.31. The summed E-state index contributed by atoms with van der Waals surface area (Å²) in [5, 5.41) is 0. The summed E-state index contributed by atoms with van der Waals surface area (Å²) in [6.45, 7) is 4.04. The SMILES string of the molecule is CCc1cccc(-c2cnc(C)cn2)c1OC. The molecule has 0 saturated carbocycles. The Morgan fingerprint density at radius 2 is 2.00 bits per heavy atom. The molecule has 88 valence electrons. The number of aryl methyl sites for hydroxylation is 2. The zero-order valence-corrected chi connectivity index (χ0v) is 10.4. The van der Waals surface area contributed by atoms with E-state index in [0.29, 0.717) is 0 Å². The minimum Gasteiger partial charge on any atom is -0.496 e. The van der Waals surface area contributed by atoms with Gasteiger partial charge in [0.1, 0.15) is 5.75 Å². The van der Waals surface area contributed by atoms with E-state index in [1.807, 2.05) is 19.1 Å². The first-order chi connectivity index (χ1) is 8.26. The smallest absolute Gasteiger partial charge is 0.131 e. The monoisotopic (exact) mass is 228 g/mol. The van der Waals surface area contributed by atoms with Crippen LogP contribution in [0.1, 0.15) is 18.2 Å². The molecule has 0 atom stereocenters. The maximum absolute atomic E-state index is 5.48. The number of benzene rings is 1. The molecule has 0 saturated heterocycles. The van der Waals surface area contributed by atoms with Crippen molar-refractivity contribution in [2.45, 2.75) is 20.3 Å². The second-order valence-corrected chi connectivity index (χ2v) is 3.89. The van der Waals surface area contributed by atoms with Gasteiger partial charge in [-0.1, -0.05) is 19.1 Å². The Labute approximate surface area is 102 Å². The Morgan fingerprint density at radius 3 is 2.59 bits per heavy atom. The van der Waals surface area contributed by atoms with Gasteiger partial charge in [0, 0.05) is 11.8 Å². The lowest BCUT2D eigenvalue weighted by atomic mass is 10.0. The topological polar surface area (TPSA) is 35.0 Å².